The molecule has 5 heteroatoms. The molecule has 0 amide bonds. The Morgan fingerprint density at radius 1 is 1.38 bits per heavy atom. The molecule has 1 aliphatic rings. The minimum Gasteiger partial charge on any atom is -0.305 e. The van der Waals surface area contributed by atoms with Crippen molar-refractivity contribution in [3.8, 4) is 0 Å². The van der Waals surface area contributed by atoms with E-state index in [-0.39, 0.29) is 18.2 Å². The van der Waals surface area contributed by atoms with Crippen molar-refractivity contribution in [1.29, 1.82) is 0 Å². The first-order chi connectivity index (χ1) is 7.38. The summed E-state index contributed by atoms with van der Waals surface area (Å²) in [5, 5.41) is 0. The normalized spacial score (nSPS) is 22.8. The van der Waals surface area contributed by atoms with Gasteiger partial charge in [-0.05, 0) is 19.9 Å². The number of rotatable bonds is 4. The second-order valence-corrected chi connectivity index (χ2v) is 4.54. The van der Waals surface area contributed by atoms with Gasteiger partial charge in [0.1, 0.15) is 5.78 Å². The van der Waals surface area contributed by atoms with E-state index in [0.29, 0.717) is 13.0 Å². The fourth-order valence-corrected chi connectivity index (χ4v) is 2.03. The molecule has 1 atom stereocenters. The lowest BCUT2D eigenvalue weighted by Gasteiger charge is -2.26. The van der Waals surface area contributed by atoms with E-state index in [1.165, 1.54) is 0 Å². The van der Waals surface area contributed by atoms with E-state index in [1.807, 2.05) is 0 Å². The first-order valence-corrected chi connectivity index (χ1v) is 5.66. The molecule has 0 aromatic carbocycles. The summed E-state index contributed by atoms with van der Waals surface area (Å²) in [6.45, 7) is 0.447. The Hall–Kier alpha value is -0.580. The molecule has 1 rings (SSSR count). The standard InChI is InChI=1S/C11H18F3NO/c1-15(7-6-11(12,13)14)8-9-4-2-3-5-10(9)16/h9H,2-8H2,1H3. The lowest BCUT2D eigenvalue weighted by atomic mass is 9.87. The van der Waals surface area contributed by atoms with Gasteiger partial charge < -0.3 is 4.90 Å². The van der Waals surface area contributed by atoms with Crippen molar-refractivity contribution in [2.24, 2.45) is 5.92 Å². The smallest absolute Gasteiger partial charge is 0.305 e. The van der Waals surface area contributed by atoms with E-state index in [9.17, 15) is 18.0 Å². The maximum absolute atomic E-state index is 12.0. The van der Waals surface area contributed by atoms with Gasteiger partial charge in [0, 0.05) is 25.4 Å². The van der Waals surface area contributed by atoms with E-state index < -0.39 is 12.6 Å². The molecule has 1 saturated carbocycles. The van der Waals surface area contributed by atoms with Crippen LogP contribution < -0.4 is 0 Å². The first-order valence-electron chi connectivity index (χ1n) is 5.66. The monoisotopic (exact) mass is 237 g/mol. The minimum absolute atomic E-state index is 0.0206. The highest BCUT2D eigenvalue weighted by molar-refractivity contribution is 5.81. The molecule has 0 aromatic heterocycles. The van der Waals surface area contributed by atoms with Crippen LogP contribution in [0.1, 0.15) is 32.1 Å². The van der Waals surface area contributed by atoms with Crippen LogP contribution in [0, 0.1) is 5.92 Å². The Bertz CT molecular complexity index is 240. The Morgan fingerprint density at radius 3 is 2.62 bits per heavy atom. The average molecular weight is 237 g/mol. The summed E-state index contributed by atoms with van der Waals surface area (Å²) in [6.07, 6.45) is -1.53. The zero-order valence-electron chi connectivity index (χ0n) is 9.52. The molecular weight excluding hydrogens is 219 g/mol. The van der Waals surface area contributed by atoms with E-state index in [4.69, 9.17) is 0 Å². The maximum Gasteiger partial charge on any atom is 0.390 e. The summed E-state index contributed by atoms with van der Waals surface area (Å²) in [5.74, 6) is 0.164. The number of halogens is 3. The van der Waals surface area contributed by atoms with Crippen LogP contribution in [0.4, 0.5) is 13.2 Å². The van der Waals surface area contributed by atoms with E-state index >= 15 is 0 Å². The maximum atomic E-state index is 12.0. The van der Waals surface area contributed by atoms with Gasteiger partial charge in [-0.2, -0.15) is 13.2 Å². The van der Waals surface area contributed by atoms with Gasteiger partial charge in [-0.1, -0.05) is 6.42 Å². The molecule has 0 N–H and O–H groups in total. The van der Waals surface area contributed by atoms with Crippen LogP contribution in [-0.4, -0.2) is 37.0 Å². The number of hydrogen-bond donors (Lipinski definition) is 0. The SMILES string of the molecule is CN(CCC(F)(F)F)CC1CCCCC1=O. The quantitative estimate of drug-likeness (QED) is 0.749. The van der Waals surface area contributed by atoms with E-state index in [1.54, 1.807) is 11.9 Å². The molecular formula is C11H18F3NO. The third-order valence-corrected chi connectivity index (χ3v) is 2.99. The number of nitrogens with zero attached hydrogens (tertiary/aromatic N) is 1. The molecule has 1 aliphatic carbocycles. The van der Waals surface area contributed by atoms with Crippen LogP contribution in [0.15, 0.2) is 0 Å². The van der Waals surface area contributed by atoms with Crippen molar-refractivity contribution in [3.05, 3.63) is 0 Å². The zero-order chi connectivity index (χ0) is 12.2. The molecule has 1 unspecified atom stereocenters. The van der Waals surface area contributed by atoms with Crippen LogP contribution in [0.25, 0.3) is 0 Å². The average Bonchev–Trinajstić information content (AvgIpc) is 2.18. The highest BCUT2D eigenvalue weighted by atomic mass is 19.4. The van der Waals surface area contributed by atoms with Crippen molar-refractivity contribution >= 4 is 5.78 Å². The molecule has 0 heterocycles. The molecule has 2 nitrogen and oxygen atoms in total. The molecule has 94 valence electrons. The van der Waals surface area contributed by atoms with Crippen LogP contribution in [-0.2, 0) is 4.79 Å². The highest BCUT2D eigenvalue weighted by Crippen LogP contribution is 2.23. The summed E-state index contributed by atoms with van der Waals surface area (Å²) in [6, 6.07) is 0. The lowest BCUT2D eigenvalue weighted by Crippen LogP contribution is -2.34. The van der Waals surface area contributed by atoms with Crippen LogP contribution in [0.3, 0.4) is 0 Å². The number of alkyl halides is 3. The summed E-state index contributed by atoms with van der Waals surface area (Å²) in [4.78, 5) is 13.1. The van der Waals surface area contributed by atoms with Gasteiger partial charge in [-0.25, -0.2) is 0 Å². The molecule has 1 fully saturated rings. The fraction of sp³-hybridized carbons (Fsp3) is 0.909. The molecule has 0 radical (unpaired) electrons. The Kier molecular flexibility index (Phi) is 4.77. The summed E-state index contributed by atoms with van der Waals surface area (Å²) >= 11 is 0. The van der Waals surface area contributed by atoms with Crippen molar-refractivity contribution in [2.45, 2.75) is 38.3 Å². The van der Waals surface area contributed by atoms with Gasteiger partial charge in [0.2, 0.25) is 0 Å². The topological polar surface area (TPSA) is 20.3 Å². The number of ketones is 1. The molecule has 0 bridgehead atoms. The third kappa shape index (κ3) is 4.96. The second-order valence-electron chi connectivity index (χ2n) is 4.54. The third-order valence-electron chi connectivity index (χ3n) is 2.99. The number of hydrogen-bond acceptors (Lipinski definition) is 2. The Balaban J connectivity index is 2.27. The predicted molar refractivity (Wildman–Crippen MR) is 55.1 cm³/mol. The highest BCUT2D eigenvalue weighted by Gasteiger charge is 2.28. The van der Waals surface area contributed by atoms with Crippen LogP contribution >= 0.6 is 0 Å². The predicted octanol–water partition coefficient (Wildman–Crippen LogP) is 2.63. The van der Waals surface area contributed by atoms with Gasteiger partial charge in [0.05, 0.1) is 6.42 Å². The molecule has 0 saturated heterocycles. The first kappa shape index (κ1) is 13.5. The molecule has 0 aliphatic heterocycles. The van der Waals surface area contributed by atoms with Crippen LogP contribution in [0.5, 0.6) is 0 Å². The minimum atomic E-state index is -4.11. The van der Waals surface area contributed by atoms with Crippen molar-refractivity contribution in [1.82, 2.24) is 4.90 Å². The Morgan fingerprint density at radius 2 is 2.06 bits per heavy atom. The molecule has 16 heavy (non-hydrogen) atoms. The number of carbonyl (C=O) groups excluding carboxylic acids is 1. The number of carbonyl (C=O) groups is 1. The fourth-order valence-electron chi connectivity index (χ4n) is 2.03. The van der Waals surface area contributed by atoms with E-state index in [0.717, 1.165) is 19.3 Å². The van der Waals surface area contributed by atoms with E-state index in [2.05, 4.69) is 0 Å². The van der Waals surface area contributed by atoms with Gasteiger partial charge in [0.25, 0.3) is 0 Å². The zero-order valence-corrected chi connectivity index (χ0v) is 9.52. The lowest BCUT2D eigenvalue weighted by molar-refractivity contribution is -0.138. The summed E-state index contributed by atoms with van der Waals surface area (Å²) in [5.41, 5.74) is 0. The molecule has 0 aromatic rings. The van der Waals surface area contributed by atoms with Crippen molar-refractivity contribution in [2.75, 3.05) is 20.1 Å². The summed E-state index contributed by atoms with van der Waals surface area (Å²) < 4.78 is 35.9. The van der Waals surface area contributed by atoms with Gasteiger partial charge in [0.15, 0.2) is 0 Å². The number of Topliss-reactive ketones (excluding diaryl/α,β-unsaturated/α-hetero) is 1. The largest absolute Gasteiger partial charge is 0.390 e. The molecule has 0 spiro atoms. The van der Waals surface area contributed by atoms with Crippen molar-refractivity contribution < 1.29 is 18.0 Å². The Labute approximate surface area is 93.8 Å². The van der Waals surface area contributed by atoms with Gasteiger partial charge in [-0.3, -0.25) is 4.79 Å². The van der Waals surface area contributed by atoms with Gasteiger partial charge in [-0.15, -0.1) is 0 Å². The van der Waals surface area contributed by atoms with Crippen molar-refractivity contribution in [3.63, 3.8) is 0 Å². The second kappa shape index (κ2) is 5.66. The van der Waals surface area contributed by atoms with Crippen LogP contribution in [0.2, 0.25) is 0 Å². The summed E-state index contributed by atoms with van der Waals surface area (Å²) in [7, 11) is 1.65. The van der Waals surface area contributed by atoms with Gasteiger partial charge >= 0.3 is 6.18 Å².